The Hall–Kier alpha value is -4.01. The number of aromatic nitrogens is 2. The van der Waals surface area contributed by atoms with Gasteiger partial charge in [0.1, 0.15) is 10.0 Å². The summed E-state index contributed by atoms with van der Waals surface area (Å²) < 4.78 is 27.4. The highest BCUT2D eigenvalue weighted by Gasteiger charge is 2.21. The van der Waals surface area contributed by atoms with Gasteiger partial charge in [-0.25, -0.2) is 22.9 Å². The van der Waals surface area contributed by atoms with Crippen LogP contribution in [-0.2, 0) is 10.0 Å². The molecule has 0 spiro atoms. The van der Waals surface area contributed by atoms with E-state index in [9.17, 15) is 28.1 Å². The van der Waals surface area contributed by atoms with Crippen LogP contribution in [0.3, 0.4) is 0 Å². The maximum Gasteiger partial charge on any atom is 0.333 e. The molecule has 0 saturated carbocycles. The zero-order chi connectivity index (χ0) is 25.3. The minimum Gasteiger partial charge on any atom is -0.388 e. The predicted octanol–water partition coefficient (Wildman–Crippen LogP) is 3.56. The van der Waals surface area contributed by atoms with Gasteiger partial charge in [0.05, 0.1) is 38.1 Å². The van der Waals surface area contributed by atoms with Crippen LogP contribution in [0.4, 0.5) is 21.9 Å². The number of nitro groups is 1. The Morgan fingerprint density at radius 1 is 1.14 bits per heavy atom. The number of thiophene rings is 1. The number of anilines is 2. The van der Waals surface area contributed by atoms with Crippen LogP contribution in [0.5, 0.6) is 0 Å². The average Bonchev–Trinajstić information content (AvgIpc) is 3.26. The Morgan fingerprint density at radius 3 is 2.49 bits per heavy atom. The Bertz CT molecular complexity index is 1630. The normalized spacial score (nSPS) is 11.3. The lowest BCUT2D eigenvalue weighted by Crippen LogP contribution is -2.34. The van der Waals surface area contributed by atoms with Crippen LogP contribution < -0.4 is 20.9 Å². The van der Waals surface area contributed by atoms with E-state index in [-0.39, 0.29) is 36.5 Å². The van der Waals surface area contributed by atoms with Crippen molar-refractivity contribution in [1.82, 2.24) is 14.3 Å². The molecule has 0 aliphatic heterocycles. The van der Waals surface area contributed by atoms with Crippen molar-refractivity contribution in [1.29, 1.82) is 0 Å². The van der Waals surface area contributed by atoms with Gasteiger partial charge in [0.25, 0.3) is 21.3 Å². The van der Waals surface area contributed by atoms with E-state index in [1.54, 1.807) is 13.1 Å². The molecule has 3 heterocycles. The number of benzene rings is 1. The first-order chi connectivity index (χ1) is 16.6. The molecular weight excluding hydrogens is 520 g/mol. The molecule has 0 fully saturated rings. The van der Waals surface area contributed by atoms with Crippen molar-refractivity contribution in [2.45, 2.75) is 4.21 Å². The van der Waals surface area contributed by atoms with Crippen molar-refractivity contribution in [3.8, 4) is 5.82 Å². The van der Waals surface area contributed by atoms with E-state index >= 15 is 0 Å². The van der Waals surface area contributed by atoms with Gasteiger partial charge in [0, 0.05) is 12.7 Å². The number of carbonyl (C=O) groups is 1. The number of pyridine rings is 2. The summed E-state index contributed by atoms with van der Waals surface area (Å²) in [6, 6.07) is 8.94. The quantitative estimate of drug-likeness (QED) is 0.249. The lowest BCUT2D eigenvalue weighted by molar-refractivity contribution is -0.383. The van der Waals surface area contributed by atoms with Gasteiger partial charge in [0.2, 0.25) is 0 Å². The molecule has 180 valence electrons. The molecule has 0 radical (unpaired) electrons. The second-order valence-corrected chi connectivity index (χ2v) is 10.6. The molecule has 0 aliphatic rings. The Kier molecular flexibility index (Phi) is 6.43. The summed E-state index contributed by atoms with van der Waals surface area (Å²) in [6.45, 7) is 0. The van der Waals surface area contributed by atoms with Crippen molar-refractivity contribution >= 4 is 66.8 Å². The van der Waals surface area contributed by atoms with Crippen molar-refractivity contribution < 1.29 is 18.1 Å². The van der Waals surface area contributed by atoms with Gasteiger partial charge in [-0.05, 0) is 42.5 Å². The lowest BCUT2D eigenvalue weighted by atomic mass is 10.1. The number of hydrogen-bond acceptors (Lipinski definition) is 9. The van der Waals surface area contributed by atoms with Crippen LogP contribution in [0, 0.1) is 10.1 Å². The second-order valence-electron chi connectivity index (χ2n) is 6.98. The molecule has 4 rings (SSSR count). The molecule has 0 atom stereocenters. The molecule has 35 heavy (non-hydrogen) atoms. The molecule has 0 saturated heterocycles. The summed E-state index contributed by atoms with van der Waals surface area (Å²) in [5.41, 5.74) is -0.0969. The van der Waals surface area contributed by atoms with Crippen molar-refractivity contribution in [3.63, 3.8) is 0 Å². The third-order valence-electron chi connectivity index (χ3n) is 4.77. The summed E-state index contributed by atoms with van der Waals surface area (Å²) in [7, 11) is -2.46. The molecule has 3 N–H and O–H groups in total. The first-order valence-electron chi connectivity index (χ1n) is 9.66. The van der Waals surface area contributed by atoms with Gasteiger partial charge in [-0.2, -0.15) is 0 Å². The third-order valence-corrected chi connectivity index (χ3v) is 7.83. The van der Waals surface area contributed by atoms with E-state index in [2.05, 4.69) is 15.6 Å². The Balaban J connectivity index is 1.60. The van der Waals surface area contributed by atoms with Crippen molar-refractivity contribution in [2.24, 2.45) is 0 Å². The highest BCUT2D eigenvalue weighted by molar-refractivity contribution is 7.92. The molecule has 2 amide bonds. The Morgan fingerprint density at radius 2 is 1.89 bits per heavy atom. The minimum atomic E-state index is -4.12. The van der Waals surface area contributed by atoms with Crippen LogP contribution in [0.15, 0.2) is 63.9 Å². The van der Waals surface area contributed by atoms with Crippen molar-refractivity contribution in [3.05, 3.63) is 79.7 Å². The summed E-state index contributed by atoms with van der Waals surface area (Å²) >= 11 is 6.52. The van der Waals surface area contributed by atoms with Gasteiger partial charge in [-0.1, -0.05) is 11.6 Å². The zero-order valence-corrected chi connectivity index (χ0v) is 20.1. The predicted molar refractivity (Wildman–Crippen MR) is 132 cm³/mol. The summed E-state index contributed by atoms with van der Waals surface area (Å²) in [6.07, 6.45) is 2.25. The minimum absolute atomic E-state index is 0.0597. The van der Waals surface area contributed by atoms with E-state index in [4.69, 9.17) is 11.6 Å². The second kappa shape index (κ2) is 9.32. The number of nitrogens with zero attached hydrogens (tertiary/aromatic N) is 3. The summed E-state index contributed by atoms with van der Waals surface area (Å²) in [5.74, 6) is 0.0597. The fourth-order valence-electron chi connectivity index (χ4n) is 3.17. The van der Waals surface area contributed by atoms with E-state index in [1.807, 2.05) is 4.72 Å². The number of halogens is 1. The number of hydrogen-bond donors (Lipinski definition) is 3. The fraction of sp³-hybridized carbons (Fsp3) is 0.0500. The molecular formula is C20H15ClN6O6S2. The van der Waals surface area contributed by atoms with E-state index < -0.39 is 26.5 Å². The third kappa shape index (κ3) is 4.94. The smallest absolute Gasteiger partial charge is 0.333 e. The lowest BCUT2D eigenvalue weighted by Gasteiger charge is -2.10. The first-order valence-corrected chi connectivity index (χ1v) is 12.3. The van der Waals surface area contributed by atoms with E-state index in [0.29, 0.717) is 5.69 Å². The standard InChI is InChI=1S/C20H15ClN6O6S2/c1-22-11-2-4-13-14(8-11)15(27(30)31)10-26(19(13)28)17-6-3-12(9-23-17)24-20(29)25-35(32,33)18-7-5-16(21)34-18/h2-10,22H,1H3,(H2,24,25,29). The van der Waals surface area contributed by atoms with Crippen LogP contribution >= 0.6 is 22.9 Å². The number of carbonyl (C=O) groups excluding carboxylic acids is 1. The number of sulfonamides is 1. The SMILES string of the molecule is CNc1ccc2c(=O)n(-c3ccc(NC(=O)NS(=O)(=O)c4ccc(Cl)s4)cn3)cc([N+](=O)[O-])c2c1. The van der Waals surface area contributed by atoms with Gasteiger partial charge >= 0.3 is 6.03 Å². The molecule has 1 aromatic carbocycles. The van der Waals surface area contributed by atoms with Gasteiger partial charge < -0.3 is 10.6 Å². The van der Waals surface area contributed by atoms with Crippen LogP contribution in [0.1, 0.15) is 0 Å². The van der Waals surface area contributed by atoms with Crippen molar-refractivity contribution in [2.75, 3.05) is 17.7 Å². The number of amides is 2. The molecule has 15 heteroatoms. The summed E-state index contributed by atoms with van der Waals surface area (Å²) in [4.78, 5) is 40.3. The zero-order valence-electron chi connectivity index (χ0n) is 17.7. The van der Waals surface area contributed by atoms with Gasteiger partial charge in [-0.3, -0.25) is 19.5 Å². The van der Waals surface area contributed by atoms with E-state index in [0.717, 1.165) is 22.1 Å². The molecule has 0 bridgehead atoms. The highest BCUT2D eigenvalue weighted by atomic mass is 35.5. The monoisotopic (exact) mass is 534 g/mol. The largest absolute Gasteiger partial charge is 0.388 e. The van der Waals surface area contributed by atoms with Crippen LogP contribution in [0.2, 0.25) is 4.34 Å². The van der Waals surface area contributed by atoms with Gasteiger partial charge in [-0.15, -0.1) is 11.3 Å². The van der Waals surface area contributed by atoms with Crippen LogP contribution in [-0.4, -0.2) is 36.0 Å². The van der Waals surface area contributed by atoms with Crippen LogP contribution in [0.25, 0.3) is 16.6 Å². The molecule has 4 aromatic rings. The van der Waals surface area contributed by atoms with E-state index in [1.165, 1.54) is 42.6 Å². The molecule has 0 unspecified atom stereocenters. The topological polar surface area (TPSA) is 165 Å². The summed E-state index contributed by atoms with van der Waals surface area (Å²) in [5, 5.41) is 17.1. The maximum absolute atomic E-state index is 13.0. The molecule has 3 aromatic heterocycles. The fourth-order valence-corrected chi connectivity index (χ4v) is 5.56. The molecule has 12 nitrogen and oxygen atoms in total. The number of urea groups is 1. The first kappa shape index (κ1) is 24.1. The maximum atomic E-state index is 13.0. The average molecular weight is 535 g/mol. The number of nitrogens with one attached hydrogen (secondary N) is 3. The number of rotatable bonds is 6. The highest BCUT2D eigenvalue weighted by Crippen LogP contribution is 2.27. The Labute approximate surface area is 206 Å². The molecule has 0 aliphatic carbocycles. The van der Waals surface area contributed by atoms with Gasteiger partial charge in [0.15, 0.2) is 0 Å². The number of fused-ring (bicyclic) bond motifs is 1.